The van der Waals surface area contributed by atoms with Crippen LogP contribution in [0.2, 0.25) is 0 Å². The molecule has 0 aliphatic rings. The van der Waals surface area contributed by atoms with Gasteiger partial charge in [-0.15, -0.1) is 0 Å². The number of rotatable bonds is 8. The molecule has 2 atom stereocenters. The van der Waals surface area contributed by atoms with Gasteiger partial charge in [0.1, 0.15) is 0 Å². The summed E-state index contributed by atoms with van der Waals surface area (Å²) in [6.07, 6.45) is 4.37. The SMILES string of the molecule is COCCCNC(=O)C(C)NC(C)c1cccnc1. The van der Waals surface area contributed by atoms with Crippen LogP contribution in [0.25, 0.3) is 0 Å². The molecule has 0 saturated heterocycles. The van der Waals surface area contributed by atoms with Gasteiger partial charge in [-0.1, -0.05) is 6.07 Å². The van der Waals surface area contributed by atoms with E-state index in [1.165, 1.54) is 0 Å². The van der Waals surface area contributed by atoms with E-state index < -0.39 is 0 Å². The number of nitrogens with one attached hydrogen (secondary N) is 2. The highest BCUT2D eigenvalue weighted by molar-refractivity contribution is 5.81. The average Bonchev–Trinajstić information content (AvgIpc) is 2.44. The molecule has 0 fully saturated rings. The third kappa shape index (κ3) is 5.81. The van der Waals surface area contributed by atoms with E-state index in [2.05, 4.69) is 15.6 Å². The number of methoxy groups -OCH3 is 1. The third-order valence-corrected chi connectivity index (χ3v) is 2.90. The van der Waals surface area contributed by atoms with Crippen LogP contribution in [0, 0.1) is 0 Å². The summed E-state index contributed by atoms with van der Waals surface area (Å²) in [6.45, 7) is 5.18. The van der Waals surface area contributed by atoms with E-state index in [1.54, 1.807) is 19.5 Å². The fourth-order valence-corrected chi connectivity index (χ4v) is 1.76. The van der Waals surface area contributed by atoms with Crippen LogP contribution in [0.5, 0.6) is 0 Å². The zero-order chi connectivity index (χ0) is 14.1. The molecule has 0 aliphatic heterocycles. The highest BCUT2D eigenvalue weighted by Gasteiger charge is 2.15. The number of nitrogens with zero attached hydrogens (tertiary/aromatic N) is 1. The zero-order valence-corrected chi connectivity index (χ0v) is 11.8. The third-order valence-electron chi connectivity index (χ3n) is 2.90. The van der Waals surface area contributed by atoms with Gasteiger partial charge in [0.15, 0.2) is 0 Å². The van der Waals surface area contributed by atoms with Gasteiger partial charge in [0.05, 0.1) is 6.04 Å². The Balaban J connectivity index is 2.33. The Labute approximate surface area is 114 Å². The quantitative estimate of drug-likeness (QED) is 0.695. The van der Waals surface area contributed by atoms with Gasteiger partial charge < -0.3 is 10.1 Å². The molecular weight excluding hydrogens is 242 g/mol. The lowest BCUT2D eigenvalue weighted by molar-refractivity contribution is -0.122. The summed E-state index contributed by atoms with van der Waals surface area (Å²) in [4.78, 5) is 15.9. The first-order chi connectivity index (χ1) is 9.15. The van der Waals surface area contributed by atoms with E-state index in [-0.39, 0.29) is 18.0 Å². The van der Waals surface area contributed by atoms with Crippen molar-refractivity contribution in [2.75, 3.05) is 20.3 Å². The maximum atomic E-state index is 11.8. The Morgan fingerprint density at radius 2 is 2.26 bits per heavy atom. The van der Waals surface area contributed by atoms with Gasteiger partial charge in [0.25, 0.3) is 0 Å². The smallest absolute Gasteiger partial charge is 0.236 e. The van der Waals surface area contributed by atoms with Crippen molar-refractivity contribution in [2.24, 2.45) is 0 Å². The maximum absolute atomic E-state index is 11.8. The van der Waals surface area contributed by atoms with Crippen LogP contribution >= 0.6 is 0 Å². The van der Waals surface area contributed by atoms with Crippen molar-refractivity contribution in [2.45, 2.75) is 32.4 Å². The number of hydrogen-bond donors (Lipinski definition) is 2. The summed E-state index contributed by atoms with van der Waals surface area (Å²) in [7, 11) is 1.65. The van der Waals surface area contributed by atoms with Crippen LogP contribution < -0.4 is 10.6 Å². The minimum atomic E-state index is -0.238. The fraction of sp³-hybridized carbons (Fsp3) is 0.571. The normalized spacial score (nSPS) is 13.8. The molecule has 1 aromatic heterocycles. The monoisotopic (exact) mass is 265 g/mol. The average molecular weight is 265 g/mol. The van der Waals surface area contributed by atoms with E-state index >= 15 is 0 Å². The minimum Gasteiger partial charge on any atom is -0.385 e. The van der Waals surface area contributed by atoms with Crippen LogP contribution in [0.15, 0.2) is 24.5 Å². The van der Waals surface area contributed by atoms with E-state index in [9.17, 15) is 4.79 Å². The Morgan fingerprint density at radius 1 is 1.47 bits per heavy atom. The molecule has 2 N–H and O–H groups in total. The lowest BCUT2D eigenvalue weighted by Gasteiger charge is -2.19. The van der Waals surface area contributed by atoms with E-state index in [0.29, 0.717) is 13.2 Å². The lowest BCUT2D eigenvalue weighted by atomic mass is 10.1. The predicted octanol–water partition coefficient (Wildman–Crippen LogP) is 1.27. The van der Waals surface area contributed by atoms with Crippen molar-refractivity contribution in [3.8, 4) is 0 Å². The number of aromatic nitrogens is 1. The van der Waals surface area contributed by atoms with Crippen LogP contribution in [0.4, 0.5) is 0 Å². The molecule has 106 valence electrons. The molecule has 0 radical (unpaired) electrons. The Morgan fingerprint density at radius 3 is 2.89 bits per heavy atom. The molecule has 5 heteroatoms. The summed E-state index contributed by atoms with van der Waals surface area (Å²) >= 11 is 0. The summed E-state index contributed by atoms with van der Waals surface area (Å²) in [5.74, 6) is 0.00634. The van der Waals surface area contributed by atoms with Gasteiger partial charge in [0.2, 0.25) is 5.91 Å². The van der Waals surface area contributed by atoms with Gasteiger partial charge >= 0.3 is 0 Å². The van der Waals surface area contributed by atoms with Gasteiger partial charge in [-0.25, -0.2) is 0 Å². The van der Waals surface area contributed by atoms with Crippen molar-refractivity contribution in [3.63, 3.8) is 0 Å². The van der Waals surface area contributed by atoms with Crippen LogP contribution in [0.1, 0.15) is 31.9 Å². The summed E-state index contributed by atoms with van der Waals surface area (Å²) in [5.41, 5.74) is 1.07. The molecular formula is C14H23N3O2. The van der Waals surface area contributed by atoms with Gasteiger partial charge in [-0.2, -0.15) is 0 Å². The summed E-state index contributed by atoms with van der Waals surface area (Å²) in [5, 5.41) is 6.13. The Bertz CT molecular complexity index is 370. The number of carbonyl (C=O) groups is 1. The van der Waals surface area contributed by atoms with Crippen molar-refractivity contribution in [1.82, 2.24) is 15.6 Å². The molecule has 5 nitrogen and oxygen atoms in total. The first-order valence-corrected chi connectivity index (χ1v) is 6.57. The summed E-state index contributed by atoms with van der Waals surface area (Å²) < 4.78 is 4.93. The number of pyridine rings is 1. The second-order valence-corrected chi connectivity index (χ2v) is 4.53. The van der Waals surface area contributed by atoms with Crippen LogP contribution in [-0.4, -0.2) is 37.2 Å². The first-order valence-electron chi connectivity index (χ1n) is 6.57. The number of carbonyl (C=O) groups excluding carboxylic acids is 1. The highest BCUT2D eigenvalue weighted by Crippen LogP contribution is 2.10. The van der Waals surface area contributed by atoms with Gasteiger partial charge in [-0.05, 0) is 31.9 Å². The first kappa shape index (κ1) is 15.6. The molecule has 0 aromatic carbocycles. The Hall–Kier alpha value is -1.46. The molecule has 0 saturated carbocycles. The topological polar surface area (TPSA) is 63.2 Å². The molecule has 1 aromatic rings. The van der Waals surface area contributed by atoms with Crippen molar-refractivity contribution in [3.05, 3.63) is 30.1 Å². The van der Waals surface area contributed by atoms with E-state index in [1.807, 2.05) is 26.0 Å². The molecule has 0 spiro atoms. The van der Waals surface area contributed by atoms with Gasteiger partial charge in [-0.3, -0.25) is 15.1 Å². The van der Waals surface area contributed by atoms with Gasteiger partial charge in [0, 0.05) is 38.7 Å². The second kappa shape index (κ2) is 8.61. The molecule has 2 unspecified atom stereocenters. The highest BCUT2D eigenvalue weighted by atomic mass is 16.5. The maximum Gasteiger partial charge on any atom is 0.236 e. The number of hydrogen-bond acceptors (Lipinski definition) is 4. The lowest BCUT2D eigenvalue weighted by Crippen LogP contribution is -2.43. The van der Waals surface area contributed by atoms with Crippen LogP contribution in [-0.2, 0) is 9.53 Å². The van der Waals surface area contributed by atoms with Crippen molar-refractivity contribution in [1.29, 1.82) is 0 Å². The van der Waals surface area contributed by atoms with Crippen molar-refractivity contribution < 1.29 is 9.53 Å². The van der Waals surface area contributed by atoms with Crippen LogP contribution in [0.3, 0.4) is 0 Å². The fourth-order valence-electron chi connectivity index (χ4n) is 1.76. The largest absolute Gasteiger partial charge is 0.385 e. The predicted molar refractivity (Wildman–Crippen MR) is 74.8 cm³/mol. The summed E-state index contributed by atoms with van der Waals surface area (Å²) in [6, 6.07) is 3.74. The molecule has 0 bridgehead atoms. The molecule has 1 heterocycles. The number of ether oxygens (including phenoxy) is 1. The molecule has 0 aliphatic carbocycles. The van der Waals surface area contributed by atoms with E-state index in [0.717, 1.165) is 12.0 Å². The molecule has 1 rings (SSSR count). The second-order valence-electron chi connectivity index (χ2n) is 4.53. The zero-order valence-electron chi connectivity index (χ0n) is 11.8. The molecule has 1 amide bonds. The van der Waals surface area contributed by atoms with E-state index in [4.69, 9.17) is 4.74 Å². The number of amides is 1. The minimum absolute atomic E-state index is 0.00634. The Kier molecular flexibility index (Phi) is 7.07. The molecule has 19 heavy (non-hydrogen) atoms. The standard InChI is InChI=1S/C14H23N3O2/c1-11(13-6-4-7-15-10-13)17-12(2)14(18)16-8-5-9-19-3/h4,6-7,10-12,17H,5,8-9H2,1-3H3,(H,16,18). The van der Waals surface area contributed by atoms with Crippen molar-refractivity contribution >= 4 is 5.91 Å².